The molecule has 0 aliphatic heterocycles. The van der Waals surface area contributed by atoms with Crippen LogP contribution in [0, 0.1) is 23.1 Å². The maximum absolute atomic E-state index is 13.3. The smallest absolute Gasteiger partial charge is 0.225 e. The fourth-order valence-corrected chi connectivity index (χ4v) is 1.96. The van der Waals surface area contributed by atoms with Gasteiger partial charge in [0.2, 0.25) is 5.91 Å². The van der Waals surface area contributed by atoms with Crippen LogP contribution in [0.1, 0.15) is 39.2 Å². The van der Waals surface area contributed by atoms with Gasteiger partial charge in [0, 0.05) is 45.3 Å². The summed E-state index contributed by atoms with van der Waals surface area (Å²) in [6, 6.07) is 4.53. The first-order valence-electron chi connectivity index (χ1n) is 6.51. The Morgan fingerprint density at radius 3 is 2.55 bits per heavy atom. The number of halogens is 2. The zero-order valence-corrected chi connectivity index (χ0v) is 13.7. The summed E-state index contributed by atoms with van der Waals surface area (Å²) < 4.78 is 26.0. The van der Waals surface area contributed by atoms with Gasteiger partial charge in [-0.25, -0.2) is 8.78 Å². The summed E-state index contributed by atoms with van der Waals surface area (Å²) >= 11 is 0. The quantitative estimate of drug-likeness (QED) is 0.633. The van der Waals surface area contributed by atoms with Crippen LogP contribution in [-0.4, -0.2) is 12.5 Å². The second-order valence-corrected chi connectivity index (χ2v) is 5.29. The van der Waals surface area contributed by atoms with Crippen molar-refractivity contribution in [2.45, 2.75) is 40.0 Å². The molecule has 1 rings (SSSR count). The van der Waals surface area contributed by atoms with Crippen LogP contribution in [-0.2, 0) is 32.9 Å². The van der Waals surface area contributed by atoms with E-state index in [-0.39, 0.29) is 27.6 Å². The Morgan fingerprint density at radius 2 is 2.00 bits per heavy atom. The monoisotopic (exact) mass is 316 g/mol. The SMILES string of the molecule is CCCC(C)(C)C(=O)NCCc1ccc(F)[c-]c1F.[Ti]. The van der Waals surface area contributed by atoms with Gasteiger partial charge in [-0.2, -0.15) is 6.07 Å². The third-order valence-electron chi connectivity index (χ3n) is 3.11. The molecular weight excluding hydrogens is 296 g/mol. The van der Waals surface area contributed by atoms with Gasteiger partial charge >= 0.3 is 0 Å². The van der Waals surface area contributed by atoms with Gasteiger partial charge in [0.1, 0.15) is 0 Å². The number of nitrogens with one attached hydrogen (secondary N) is 1. The maximum Gasteiger partial charge on any atom is 0.225 e. The fourth-order valence-electron chi connectivity index (χ4n) is 1.96. The van der Waals surface area contributed by atoms with Crippen LogP contribution in [0.5, 0.6) is 0 Å². The number of carbonyl (C=O) groups excluding carboxylic acids is 1. The number of hydrogen-bond donors (Lipinski definition) is 1. The van der Waals surface area contributed by atoms with Crippen molar-refractivity contribution in [3.8, 4) is 0 Å². The molecule has 1 aromatic rings. The molecular formula is C15H20F2NOTi-. The minimum Gasteiger partial charge on any atom is -0.356 e. The van der Waals surface area contributed by atoms with Crippen molar-refractivity contribution >= 4 is 5.91 Å². The van der Waals surface area contributed by atoms with Crippen LogP contribution in [0.2, 0.25) is 0 Å². The summed E-state index contributed by atoms with van der Waals surface area (Å²) in [6.45, 7) is 6.14. The van der Waals surface area contributed by atoms with E-state index in [9.17, 15) is 13.6 Å². The standard InChI is InChI=1S/C15H20F2NO.Ti/c1-4-8-15(2,3)14(19)18-9-7-11-5-6-12(16)10-13(11)17;/h5-6H,4,7-9H2,1-3H3,(H,18,19);/q-1;. The third kappa shape index (κ3) is 5.72. The molecule has 1 N–H and O–H groups in total. The van der Waals surface area contributed by atoms with E-state index >= 15 is 0 Å². The van der Waals surface area contributed by atoms with E-state index in [1.807, 2.05) is 26.8 Å². The second-order valence-electron chi connectivity index (χ2n) is 5.29. The van der Waals surface area contributed by atoms with Crippen LogP contribution in [0.25, 0.3) is 0 Å². The Bertz CT molecular complexity index is 449. The summed E-state index contributed by atoms with van der Waals surface area (Å²) in [7, 11) is 0. The van der Waals surface area contributed by atoms with Crippen LogP contribution in [0.4, 0.5) is 8.78 Å². The fraction of sp³-hybridized carbons (Fsp3) is 0.533. The molecule has 0 saturated carbocycles. The Balaban J connectivity index is 0.00000361. The van der Waals surface area contributed by atoms with Gasteiger partial charge < -0.3 is 5.32 Å². The minimum absolute atomic E-state index is 0. The van der Waals surface area contributed by atoms with Gasteiger partial charge in [0.05, 0.1) is 0 Å². The molecule has 1 amide bonds. The average molecular weight is 316 g/mol. The average Bonchev–Trinajstić information content (AvgIpc) is 2.31. The molecule has 0 heterocycles. The largest absolute Gasteiger partial charge is 0.356 e. The Morgan fingerprint density at radius 1 is 1.35 bits per heavy atom. The maximum atomic E-state index is 13.3. The molecule has 0 aliphatic carbocycles. The van der Waals surface area contributed by atoms with Crippen molar-refractivity contribution in [2.24, 2.45) is 5.41 Å². The van der Waals surface area contributed by atoms with Gasteiger partial charge in [-0.05, 0) is 6.42 Å². The summed E-state index contributed by atoms with van der Waals surface area (Å²) in [5.41, 5.74) is -0.0580. The summed E-state index contributed by atoms with van der Waals surface area (Å²) in [5, 5.41) is 2.78. The van der Waals surface area contributed by atoms with Crippen molar-refractivity contribution in [3.05, 3.63) is 35.4 Å². The summed E-state index contributed by atoms with van der Waals surface area (Å²) in [4.78, 5) is 11.9. The Kier molecular flexibility index (Phi) is 8.22. The molecule has 0 radical (unpaired) electrons. The van der Waals surface area contributed by atoms with Crippen molar-refractivity contribution in [1.82, 2.24) is 5.32 Å². The first-order chi connectivity index (χ1) is 8.86. The van der Waals surface area contributed by atoms with Gasteiger partial charge in [-0.3, -0.25) is 4.79 Å². The number of hydrogen-bond acceptors (Lipinski definition) is 1. The molecule has 5 heteroatoms. The van der Waals surface area contributed by atoms with Crippen LogP contribution in [0.3, 0.4) is 0 Å². The number of rotatable bonds is 6. The normalized spacial score (nSPS) is 10.8. The molecule has 0 aliphatic rings. The summed E-state index contributed by atoms with van der Waals surface area (Å²) in [5.74, 6) is -1.45. The van der Waals surface area contributed by atoms with Crippen LogP contribution >= 0.6 is 0 Å². The molecule has 0 atom stereocenters. The van der Waals surface area contributed by atoms with E-state index in [0.29, 0.717) is 18.5 Å². The van der Waals surface area contributed by atoms with Crippen molar-refractivity contribution in [1.29, 1.82) is 0 Å². The van der Waals surface area contributed by atoms with Gasteiger partial charge in [0.25, 0.3) is 0 Å². The molecule has 0 aromatic heterocycles. The van der Waals surface area contributed by atoms with E-state index < -0.39 is 17.0 Å². The van der Waals surface area contributed by atoms with E-state index in [1.165, 1.54) is 12.1 Å². The Labute approximate surface area is 134 Å². The predicted octanol–water partition coefficient (Wildman–Crippen LogP) is 3.25. The topological polar surface area (TPSA) is 29.1 Å². The molecule has 0 unspecified atom stereocenters. The molecule has 0 saturated heterocycles. The van der Waals surface area contributed by atoms with Gasteiger partial charge in [-0.1, -0.05) is 33.6 Å². The van der Waals surface area contributed by atoms with E-state index in [2.05, 4.69) is 5.32 Å². The van der Waals surface area contributed by atoms with E-state index in [4.69, 9.17) is 0 Å². The zero-order valence-electron chi connectivity index (χ0n) is 12.1. The van der Waals surface area contributed by atoms with E-state index in [1.54, 1.807) is 0 Å². The van der Waals surface area contributed by atoms with Crippen molar-refractivity contribution in [2.75, 3.05) is 6.54 Å². The van der Waals surface area contributed by atoms with Gasteiger partial charge in [-0.15, -0.1) is 17.7 Å². The van der Waals surface area contributed by atoms with Crippen LogP contribution in [0.15, 0.2) is 12.1 Å². The number of carbonyl (C=O) groups is 1. The minimum atomic E-state index is -0.714. The van der Waals surface area contributed by atoms with Crippen molar-refractivity contribution in [3.63, 3.8) is 0 Å². The molecule has 1 aromatic carbocycles. The molecule has 0 fully saturated rings. The van der Waals surface area contributed by atoms with Crippen LogP contribution < -0.4 is 5.32 Å². The Hall–Kier alpha value is -0.736. The second kappa shape index (κ2) is 8.53. The number of amides is 1. The zero-order chi connectivity index (χ0) is 14.5. The molecule has 0 spiro atoms. The predicted molar refractivity (Wildman–Crippen MR) is 70.6 cm³/mol. The van der Waals surface area contributed by atoms with Gasteiger partial charge in [0.15, 0.2) is 0 Å². The first-order valence-corrected chi connectivity index (χ1v) is 6.51. The molecule has 2 nitrogen and oxygen atoms in total. The summed E-state index contributed by atoms with van der Waals surface area (Å²) in [6.07, 6.45) is 2.07. The molecule has 0 bridgehead atoms. The van der Waals surface area contributed by atoms with E-state index in [0.717, 1.165) is 12.8 Å². The third-order valence-corrected chi connectivity index (χ3v) is 3.11. The van der Waals surface area contributed by atoms with Crippen molar-refractivity contribution < 1.29 is 35.3 Å². The molecule has 110 valence electrons. The molecule has 20 heavy (non-hydrogen) atoms. The first kappa shape index (κ1) is 19.3. The number of benzene rings is 1.